The molecular formula is C27H44O4Si. The summed E-state index contributed by atoms with van der Waals surface area (Å²) in [5.41, 5.74) is -1.95. The Morgan fingerprint density at radius 1 is 1.03 bits per heavy atom. The lowest BCUT2D eigenvalue weighted by atomic mass is 9.91. The number of hydrogen-bond donors (Lipinski definition) is 1. The van der Waals surface area contributed by atoms with Crippen molar-refractivity contribution < 1.29 is 19.1 Å². The van der Waals surface area contributed by atoms with Crippen LogP contribution in [0.1, 0.15) is 92.2 Å². The van der Waals surface area contributed by atoms with Crippen molar-refractivity contribution in [3.05, 3.63) is 35.9 Å². The van der Waals surface area contributed by atoms with Gasteiger partial charge in [0, 0.05) is 6.42 Å². The van der Waals surface area contributed by atoms with Crippen LogP contribution in [0.4, 0.5) is 0 Å². The number of hydrogen-bond acceptors (Lipinski definition) is 4. The van der Waals surface area contributed by atoms with Gasteiger partial charge in [-0.1, -0.05) is 89.1 Å². The van der Waals surface area contributed by atoms with E-state index in [-0.39, 0.29) is 5.04 Å². The fourth-order valence-electron chi connectivity index (χ4n) is 2.97. The lowest BCUT2D eigenvalue weighted by Crippen LogP contribution is -2.57. The fraction of sp³-hybridized carbons (Fsp3) is 0.667. The van der Waals surface area contributed by atoms with Crippen molar-refractivity contribution in [2.45, 2.75) is 116 Å². The van der Waals surface area contributed by atoms with E-state index in [1.54, 1.807) is 12.1 Å². The minimum atomic E-state index is -2.52. The summed E-state index contributed by atoms with van der Waals surface area (Å²) in [5.74, 6) is 5.63. The lowest BCUT2D eigenvalue weighted by Gasteiger charge is -2.44. The molecule has 0 aromatic heterocycles. The summed E-state index contributed by atoms with van der Waals surface area (Å²) in [7, 11) is -2.52. The molecule has 0 aliphatic rings. The van der Waals surface area contributed by atoms with Crippen molar-refractivity contribution in [3.8, 4) is 11.8 Å². The van der Waals surface area contributed by atoms with Crippen LogP contribution in [-0.4, -0.2) is 30.6 Å². The Morgan fingerprint density at radius 2 is 1.62 bits per heavy atom. The van der Waals surface area contributed by atoms with E-state index in [0.717, 1.165) is 25.7 Å². The lowest BCUT2D eigenvalue weighted by molar-refractivity contribution is -0.178. The van der Waals surface area contributed by atoms with Crippen LogP contribution >= 0.6 is 0 Å². The van der Waals surface area contributed by atoms with Gasteiger partial charge in [-0.15, -0.1) is 0 Å². The third-order valence-electron chi connectivity index (χ3n) is 5.85. The van der Waals surface area contributed by atoms with E-state index in [4.69, 9.17) is 9.16 Å². The second kappa shape index (κ2) is 11.5. The highest BCUT2D eigenvalue weighted by atomic mass is 28.4. The van der Waals surface area contributed by atoms with E-state index in [9.17, 15) is 9.90 Å². The average molecular weight is 461 g/mol. The number of carbonyl (C=O) groups is 1. The third kappa shape index (κ3) is 8.06. The van der Waals surface area contributed by atoms with Gasteiger partial charge in [-0.25, -0.2) is 4.79 Å². The first kappa shape index (κ1) is 28.4. The van der Waals surface area contributed by atoms with Gasteiger partial charge in [0.15, 0.2) is 8.32 Å². The fourth-order valence-corrected chi connectivity index (χ4v) is 4.32. The van der Waals surface area contributed by atoms with Gasteiger partial charge >= 0.3 is 5.97 Å². The van der Waals surface area contributed by atoms with Crippen LogP contribution in [0.5, 0.6) is 0 Å². The molecule has 0 saturated carbocycles. The first-order chi connectivity index (χ1) is 14.7. The van der Waals surface area contributed by atoms with Gasteiger partial charge in [0.2, 0.25) is 5.60 Å². The molecule has 0 fully saturated rings. The molecule has 2 atom stereocenters. The minimum Gasteiger partial charge on any atom is -0.457 e. The molecule has 4 nitrogen and oxygen atoms in total. The molecule has 0 spiro atoms. The van der Waals surface area contributed by atoms with Crippen LogP contribution < -0.4 is 0 Å². The molecule has 1 N–H and O–H groups in total. The van der Waals surface area contributed by atoms with E-state index in [1.165, 1.54) is 0 Å². The predicted octanol–water partition coefficient (Wildman–Crippen LogP) is 6.80. The zero-order valence-electron chi connectivity index (χ0n) is 21.7. The van der Waals surface area contributed by atoms with Crippen LogP contribution in [0, 0.1) is 11.8 Å². The predicted molar refractivity (Wildman–Crippen MR) is 135 cm³/mol. The number of benzene rings is 1. The molecule has 0 amide bonds. The quantitative estimate of drug-likeness (QED) is 0.191. The summed E-state index contributed by atoms with van der Waals surface area (Å²) < 4.78 is 12.5. The summed E-state index contributed by atoms with van der Waals surface area (Å²) in [6.07, 6.45) is 3.73. The van der Waals surface area contributed by atoms with Gasteiger partial charge in [0.25, 0.3) is 0 Å². The van der Waals surface area contributed by atoms with Crippen molar-refractivity contribution in [2.75, 3.05) is 0 Å². The summed E-state index contributed by atoms with van der Waals surface area (Å²) in [6.45, 7) is 18.0. The van der Waals surface area contributed by atoms with Crippen LogP contribution in [0.25, 0.3) is 0 Å². The molecule has 0 heterocycles. The van der Waals surface area contributed by atoms with Crippen molar-refractivity contribution in [1.29, 1.82) is 0 Å². The van der Waals surface area contributed by atoms with Crippen LogP contribution in [0.2, 0.25) is 18.1 Å². The second-order valence-electron chi connectivity index (χ2n) is 11.0. The van der Waals surface area contributed by atoms with Crippen LogP contribution in [-0.2, 0) is 14.0 Å². The van der Waals surface area contributed by atoms with E-state index in [2.05, 4.69) is 52.6 Å². The Bertz CT molecular complexity index is 778. The molecule has 0 aliphatic heterocycles. The first-order valence-corrected chi connectivity index (χ1v) is 14.7. The molecule has 0 saturated heterocycles. The van der Waals surface area contributed by atoms with Crippen molar-refractivity contribution >= 4 is 14.3 Å². The Balaban J connectivity index is 3.57. The van der Waals surface area contributed by atoms with Crippen molar-refractivity contribution in [1.82, 2.24) is 0 Å². The van der Waals surface area contributed by atoms with E-state index in [1.807, 2.05) is 39.0 Å². The number of unbranched alkanes of at least 4 members (excludes halogenated alkanes) is 4. The Morgan fingerprint density at radius 3 is 2.12 bits per heavy atom. The Labute approximate surface area is 197 Å². The number of aliphatic hydroxyl groups is 1. The highest BCUT2D eigenvalue weighted by Gasteiger charge is 2.54. The number of ether oxygens (including phenoxy) is 1. The van der Waals surface area contributed by atoms with Gasteiger partial charge in [0.1, 0.15) is 11.7 Å². The molecule has 32 heavy (non-hydrogen) atoms. The second-order valence-corrected chi connectivity index (χ2v) is 15.8. The maximum absolute atomic E-state index is 13.7. The van der Waals surface area contributed by atoms with Crippen molar-refractivity contribution in [2.24, 2.45) is 0 Å². The van der Waals surface area contributed by atoms with Gasteiger partial charge in [-0.3, -0.25) is 0 Å². The molecule has 1 aromatic carbocycles. The summed E-state index contributed by atoms with van der Waals surface area (Å²) in [6, 6.07) is 9.13. The molecule has 0 aliphatic carbocycles. The van der Waals surface area contributed by atoms with E-state index < -0.39 is 31.6 Å². The molecule has 0 radical (unpaired) electrons. The highest BCUT2D eigenvalue weighted by Crippen LogP contribution is 2.43. The molecule has 5 heteroatoms. The number of aliphatic hydroxyl groups excluding tert-OH is 1. The zero-order valence-corrected chi connectivity index (χ0v) is 22.7. The highest BCUT2D eigenvalue weighted by molar-refractivity contribution is 6.74. The normalized spacial score (nSPS) is 15.3. The van der Waals surface area contributed by atoms with Gasteiger partial charge in [0.05, 0.1) is 0 Å². The Kier molecular flexibility index (Phi) is 10.2. The SMILES string of the molecule is CCCCCCC#C[C@@](O[Si](C)(C)C(C)(C)C)(C(=O)OC(C)(C)C)[C@H](O)c1ccccc1. The molecular weight excluding hydrogens is 416 g/mol. The third-order valence-corrected chi connectivity index (χ3v) is 10.3. The minimum absolute atomic E-state index is 0.181. The monoisotopic (exact) mass is 460 g/mol. The standard InChI is InChI=1S/C27H44O4Si/c1-10-11-12-13-14-18-21-27(24(29)30-25(2,3)4,31-32(8,9)26(5,6)7)23(28)22-19-16-15-17-20-22/h15-17,19-20,23,28H,10-14H2,1-9H3/t23-,27+/m1/s1. The molecule has 0 unspecified atom stereocenters. The van der Waals surface area contributed by atoms with Gasteiger partial charge < -0.3 is 14.3 Å². The largest absolute Gasteiger partial charge is 0.457 e. The first-order valence-electron chi connectivity index (χ1n) is 11.8. The maximum atomic E-state index is 13.7. The number of rotatable bonds is 9. The number of esters is 1. The molecule has 1 rings (SSSR count). The molecule has 0 bridgehead atoms. The summed E-state index contributed by atoms with van der Waals surface area (Å²) in [4.78, 5) is 13.7. The smallest absolute Gasteiger partial charge is 0.353 e. The van der Waals surface area contributed by atoms with Gasteiger partial charge in [-0.2, -0.15) is 0 Å². The van der Waals surface area contributed by atoms with Crippen molar-refractivity contribution in [3.63, 3.8) is 0 Å². The summed E-state index contributed by atoms with van der Waals surface area (Å²) in [5, 5.41) is 11.4. The average Bonchev–Trinajstić information content (AvgIpc) is 2.67. The van der Waals surface area contributed by atoms with Crippen LogP contribution in [0.15, 0.2) is 30.3 Å². The topological polar surface area (TPSA) is 55.8 Å². The van der Waals surface area contributed by atoms with E-state index >= 15 is 0 Å². The molecule has 1 aromatic rings. The molecule has 180 valence electrons. The Hall–Kier alpha value is -1.61. The zero-order chi connectivity index (χ0) is 24.6. The number of carbonyl (C=O) groups excluding carboxylic acids is 1. The van der Waals surface area contributed by atoms with Gasteiger partial charge in [-0.05, 0) is 50.9 Å². The van der Waals surface area contributed by atoms with E-state index in [0.29, 0.717) is 12.0 Å². The summed E-state index contributed by atoms with van der Waals surface area (Å²) >= 11 is 0. The maximum Gasteiger partial charge on any atom is 0.353 e. The van der Waals surface area contributed by atoms with Crippen LogP contribution in [0.3, 0.4) is 0 Å².